The van der Waals surface area contributed by atoms with Crippen molar-refractivity contribution in [1.82, 2.24) is 4.90 Å². The van der Waals surface area contributed by atoms with Crippen molar-refractivity contribution in [1.29, 1.82) is 0 Å². The molecule has 0 bridgehead atoms. The Bertz CT molecular complexity index is 219. The van der Waals surface area contributed by atoms with Gasteiger partial charge in [0, 0.05) is 19.0 Å². The van der Waals surface area contributed by atoms with Crippen LogP contribution in [0.5, 0.6) is 0 Å². The lowest BCUT2D eigenvalue weighted by molar-refractivity contribution is -0.139. The van der Waals surface area contributed by atoms with Crippen LogP contribution in [0.4, 0.5) is 0 Å². The Kier molecular flexibility index (Phi) is 4.54. The highest BCUT2D eigenvalue weighted by Crippen LogP contribution is 2.11. The molecule has 0 aliphatic carbocycles. The lowest BCUT2D eigenvalue weighted by Crippen LogP contribution is -2.48. The van der Waals surface area contributed by atoms with Crippen LogP contribution in [0.3, 0.4) is 0 Å². The van der Waals surface area contributed by atoms with Crippen molar-refractivity contribution in [2.24, 2.45) is 11.7 Å². The van der Waals surface area contributed by atoms with Gasteiger partial charge in [-0.2, -0.15) is 0 Å². The molecule has 15 heavy (non-hydrogen) atoms. The van der Waals surface area contributed by atoms with Crippen LogP contribution >= 0.6 is 0 Å². The Balaban J connectivity index is 2.45. The molecule has 88 valence electrons. The Hall–Kier alpha value is -0.610. The van der Waals surface area contributed by atoms with Crippen molar-refractivity contribution >= 4 is 5.91 Å². The van der Waals surface area contributed by atoms with E-state index in [1.54, 1.807) is 0 Å². The highest BCUT2D eigenvalue weighted by atomic mass is 16.5. The van der Waals surface area contributed by atoms with E-state index in [-0.39, 0.29) is 18.0 Å². The Morgan fingerprint density at radius 3 is 2.80 bits per heavy atom. The van der Waals surface area contributed by atoms with Gasteiger partial charge in [0.15, 0.2) is 0 Å². The van der Waals surface area contributed by atoms with Gasteiger partial charge in [0.1, 0.15) is 0 Å². The molecule has 1 fully saturated rings. The maximum absolute atomic E-state index is 11.9. The summed E-state index contributed by atoms with van der Waals surface area (Å²) in [4.78, 5) is 13.8. The number of morpholine rings is 1. The molecule has 4 heteroatoms. The highest BCUT2D eigenvalue weighted by molar-refractivity contribution is 5.77. The number of nitrogens with two attached hydrogens (primary N) is 1. The van der Waals surface area contributed by atoms with Gasteiger partial charge in [-0.1, -0.05) is 13.8 Å². The van der Waals surface area contributed by atoms with E-state index in [1.165, 1.54) is 0 Å². The first-order valence-electron chi connectivity index (χ1n) is 5.65. The van der Waals surface area contributed by atoms with E-state index in [9.17, 15) is 4.79 Å². The van der Waals surface area contributed by atoms with Gasteiger partial charge in [-0.25, -0.2) is 0 Å². The lowest BCUT2D eigenvalue weighted by Gasteiger charge is -2.34. The molecule has 0 aromatic rings. The molecule has 1 heterocycles. The summed E-state index contributed by atoms with van der Waals surface area (Å²) >= 11 is 0. The second-order valence-electron chi connectivity index (χ2n) is 4.62. The lowest BCUT2D eigenvalue weighted by atomic mass is 10.0. The van der Waals surface area contributed by atoms with Crippen LogP contribution in [0, 0.1) is 5.92 Å². The first kappa shape index (κ1) is 12.5. The molecule has 4 nitrogen and oxygen atoms in total. The highest BCUT2D eigenvalue weighted by Gasteiger charge is 2.25. The SMILES string of the molecule is CC(C)C(N)CC(=O)N1CCOCC1C. The topological polar surface area (TPSA) is 55.6 Å². The van der Waals surface area contributed by atoms with Crippen LogP contribution in [-0.4, -0.2) is 42.6 Å². The van der Waals surface area contributed by atoms with Crippen molar-refractivity contribution in [3.63, 3.8) is 0 Å². The average Bonchev–Trinajstić information content (AvgIpc) is 2.18. The van der Waals surface area contributed by atoms with Crippen LogP contribution in [0.15, 0.2) is 0 Å². The molecule has 1 saturated heterocycles. The third-order valence-electron chi connectivity index (χ3n) is 2.95. The Morgan fingerprint density at radius 1 is 1.60 bits per heavy atom. The van der Waals surface area contributed by atoms with Gasteiger partial charge in [0.05, 0.1) is 19.3 Å². The number of carbonyl (C=O) groups excluding carboxylic acids is 1. The van der Waals surface area contributed by atoms with Crippen molar-refractivity contribution in [2.45, 2.75) is 39.3 Å². The number of carbonyl (C=O) groups is 1. The second-order valence-corrected chi connectivity index (χ2v) is 4.62. The van der Waals surface area contributed by atoms with E-state index >= 15 is 0 Å². The third-order valence-corrected chi connectivity index (χ3v) is 2.95. The first-order valence-corrected chi connectivity index (χ1v) is 5.65. The molecule has 2 unspecified atom stereocenters. The molecule has 1 amide bonds. The second kappa shape index (κ2) is 5.47. The third kappa shape index (κ3) is 3.47. The summed E-state index contributed by atoms with van der Waals surface area (Å²) in [7, 11) is 0. The van der Waals surface area contributed by atoms with E-state index in [2.05, 4.69) is 0 Å². The molecule has 0 spiro atoms. The van der Waals surface area contributed by atoms with Gasteiger partial charge in [0.2, 0.25) is 5.91 Å². The minimum atomic E-state index is -0.0347. The molecule has 0 aromatic heterocycles. The van der Waals surface area contributed by atoms with Crippen molar-refractivity contribution in [3.05, 3.63) is 0 Å². The molecule has 0 saturated carbocycles. The number of rotatable bonds is 3. The van der Waals surface area contributed by atoms with E-state index < -0.39 is 0 Å². The number of ether oxygens (including phenoxy) is 1. The predicted octanol–water partition coefficient (Wildman–Crippen LogP) is 0.607. The van der Waals surface area contributed by atoms with Crippen LogP contribution in [0.2, 0.25) is 0 Å². The number of hydrogen-bond acceptors (Lipinski definition) is 3. The van der Waals surface area contributed by atoms with Crippen LogP contribution < -0.4 is 5.73 Å². The molecular formula is C11H22N2O2. The fraction of sp³-hybridized carbons (Fsp3) is 0.909. The van der Waals surface area contributed by atoms with Gasteiger partial charge in [-0.15, -0.1) is 0 Å². The number of amides is 1. The average molecular weight is 214 g/mol. The minimum absolute atomic E-state index is 0.0347. The Labute approximate surface area is 91.8 Å². The number of hydrogen-bond donors (Lipinski definition) is 1. The molecule has 0 aromatic carbocycles. The summed E-state index contributed by atoms with van der Waals surface area (Å²) in [5.74, 6) is 0.511. The zero-order valence-electron chi connectivity index (χ0n) is 9.90. The molecule has 2 N–H and O–H groups in total. The molecule has 2 atom stereocenters. The van der Waals surface area contributed by atoms with Crippen LogP contribution in [0.25, 0.3) is 0 Å². The van der Waals surface area contributed by atoms with E-state index in [1.807, 2.05) is 25.7 Å². The maximum Gasteiger partial charge on any atom is 0.224 e. The molecular weight excluding hydrogens is 192 g/mol. The van der Waals surface area contributed by atoms with Gasteiger partial charge >= 0.3 is 0 Å². The largest absolute Gasteiger partial charge is 0.377 e. The van der Waals surface area contributed by atoms with Crippen LogP contribution in [0.1, 0.15) is 27.2 Å². The quantitative estimate of drug-likeness (QED) is 0.749. The molecule has 1 rings (SSSR count). The van der Waals surface area contributed by atoms with Gasteiger partial charge < -0.3 is 15.4 Å². The summed E-state index contributed by atoms with van der Waals surface area (Å²) in [5, 5.41) is 0. The Morgan fingerprint density at radius 2 is 2.27 bits per heavy atom. The summed E-state index contributed by atoms with van der Waals surface area (Å²) in [6.07, 6.45) is 0.446. The fourth-order valence-corrected chi connectivity index (χ4v) is 1.65. The fourth-order valence-electron chi connectivity index (χ4n) is 1.65. The molecule has 0 radical (unpaired) electrons. The predicted molar refractivity (Wildman–Crippen MR) is 59.4 cm³/mol. The standard InChI is InChI=1S/C11H22N2O2/c1-8(2)10(12)6-11(14)13-4-5-15-7-9(13)3/h8-10H,4-7,12H2,1-3H3. The molecule has 1 aliphatic heterocycles. The van der Waals surface area contributed by atoms with Gasteiger partial charge in [-0.3, -0.25) is 4.79 Å². The maximum atomic E-state index is 11.9. The minimum Gasteiger partial charge on any atom is -0.377 e. The normalized spacial score (nSPS) is 24.3. The van der Waals surface area contributed by atoms with Crippen LogP contribution in [-0.2, 0) is 9.53 Å². The summed E-state index contributed by atoms with van der Waals surface area (Å²) in [6.45, 7) is 8.08. The monoisotopic (exact) mass is 214 g/mol. The van der Waals surface area contributed by atoms with Crippen molar-refractivity contribution in [3.8, 4) is 0 Å². The van der Waals surface area contributed by atoms with E-state index in [4.69, 9.17) is 10.5 Å². The zero-order valence-corrected chi connectivity index (χ0v) is 9.90. The van der Waals surface area contributed by atoms with Crippen molar-refractivity contribution in [2.75, 3.05) is 19.8 Å². The number of nitrogens with zero attached hydrogens (tertiary/aromatic N) is 1. The zero-order chi connectivity index (χ0) is 11.4. The van der Waals surface area contributed by atoms with Gasteiger partial charge in [-0.05, 0) is 12.8 Å². The summed E-state index contributed by atoms with van der Waals surface area (Å²) in [5.41, 5.74) is 5.89. The van der Waals surface area contributed by atoms with E-state index in [0.29, 0.717) is 32.1 Å². The summed E-state index contributed by atoms with van der Waals surface area (Å²) in [6, 6.07) is 0.151. The first-order chi connectivity index (χ1) is 7.02. The van der Waals surface area contributed by atoms with E-state index in [0.717, 1.165) is 0 Å². The van der Waals surface area contributed by atoms with Gasteiger partial charge in [0.25, 0.3) is 0 Å². The molecule has 1 aliphatic rings. The smallest absolute Gasteiger partial charge is 0.224 e. The summed E-state index contributed by atoms with van der Waals surface area (Å²) < 4.78 is 5.29. The van der Waals surface area contributed by atoms with Crippen molar-refractivity contribution < 1.29 is 9.53 Å².